The molecule has 0 saturated carbocycles. The summed E-state index contributed by atoms with van der Waals surface area (Å²) in [6.07, 6.45) is -3.07. The van der Waals surface area contributed by atoms with Crippen molar-refractivity contribution < 1.29 is 44.1 Å². The minimum atomic E-state index is -1.73. The van der Waals surface area contributed by atoms with Crippen LogP contribution in [0.4, 0.5) is 0 Å². The molecule has 0 aliphatic carbocycles. The summed E-state index contributed by atoms with van der Waals surface area (Å²) in [4.78, 5) is 71.7. The second kappa shape index (κ2) is 13.6. The van der Waals surface area contributed by atoms with Crippen molar-refractivity contribution in [3.05, 3.63) is 35.9 Å². The van der Waals surface area contributed by atoms with E-state index < -0.39 is 78.7 Å². The maximum absolute atomic E-state index is 12.7. The highest BCUT2D eigenvalue weighted by atomic mass is 16.4. The van der Waals surface area contributed by atoms with Gasteiger partial charge in [0.25, 0.3) is 0 Å². The smallest absolute Gasteiger partial charge is 0.326 e. The van der Waals surface area contributed by atoms with E-state index in [0.717, 1.165) is 0 Å². The third-order valence-electron chi connectivity index (χ3n) is 4.77. The summed E-state index contributed by atoms with van der Waals surface area (Å²) in [5.41, 5.74) is 11.2. The van der Waals surface area contributed by atoms with Gasteiger partial charge in [-0.05, 0) is 12.5 Å². The lowest BCUT2D eigenvalue weighted by molar-refractivity contribution is -0.143. The van der Waals surface area contributed by atoms with E-state index in [4.69, 9.17) is 16.6 Å². The highest BCUT2D eigenvalue weighted by Crippen LogP contribution is 2.05. The molecular weight excluding hydrogens is 466 g/mol. The zero-order chi connectivity index (χ0) is 26.7. The number of carboxylic acids is 2. The van der Waals surface area contributed by atoms with Gasteiger partial charge in [0.15, 0.2) is 0 Å². The Labute approximate surface area is 200 Å². The van der Waals surface area contributed by atoms with Crippen molar-refractivity contribution in [2.45, 2.75) is 56.5 Å². The van der Waals surface area contributed by atoms with Crippen LogP contribution in [-0.4, -0.2) is 81.2 Å². The first-order valence-electron chi connectivity index (χ1n) is 10.4. The number of aliphatic carboxylic acids is 2. The molecule has 0 bridgehead atoms. The number of carboxylic acid groups (broad SMARTS) is 2. The van der Waals surface area contributed by atoms with Gasteiger partial charge < -0.3 is 42.7 Å². The van der Waals surface area contributed by atoms with E-state index in [0.29, 0.717) is 5.56 Å². The van der Waals surface area contributed by atoms with Crippen molar-refractivity contribution in [2.24, 2.45) is 11.5 Å². The van der Waals surface area contributed by atoms with Gasteiger partial charge in [-0.15, -0.1) is 0 Å². The zero-order valence-corrected chi connectivity index (χ0v) is 18.8. The zero-order valence-electron chi connectivity index (χ0n) is 18.8. The molecular formula is C21H29N5O9. The van der Waals surface area contributed by atoms with Gasteiger partial charge in [0.2, 0.25) is 23.6 Å². The highest BCUT2D eigenvalue weighted by molar-refractivity contribution is 5.97. The van der Waals surface area contributed by atoms with Gasteiger partial charge >= 0.3 is 11.9 Å². The van der Waals surface area contributed by atoms with Gasteiger partial charge in [0.1, 0.15) is 24.2 Å². The Kier molecular flexibility index (Phi) is 11.3. The topological polar surface area (TPSA) is 251 Å². The summed E-state index contributed by atoms with van der Waals surface area (Å²) < 4.78 is 0. The predicted molar refractivity (Wildman–Crippen MR) is 119 cm³/mol. The number of nitrogens with one attached hydrogen (secondary N) is 3. The maximum Gasteiger partial charge on any atom is 0.326 e. The molecule has 0 aliphatic rings. The first-order chi connectivity index (χ1) is 16.3. The summed E-state index contributed by atoms with van der Waals surface area (Å²) in [7, 11) is 0. The SMILES string of the molecule is CC(O)C(N)C(=O)NC(CC(=O)O)C(=O)NC(CC(N)=O)C(=O)NC(Cc1ccccc1)C(=O)O. The number of benzene rings is 1. The Morgan fingerprint density at radius 3 is 1.77 bits per heavy atom. The van der Waals surface area contributed by atoms with Crippen molar-refractivity contribution >= 4 is 35.6 Å². The highest BCUT2D eigenvalue weighted by Gasteiger charge is 2.32. The Morgan fingerprint density at radius 2 is 1.31 bits per heavy atom. The largest absolute Gasteiger partial charge is 0.481 e. The number of amides is 4. The van der Waals surface area contributed by atoms with Gasteiger partial charge in [-0.2, -0.15) is 0 Å². The quantitative estimate of drug-likeness (QED) is 0.128. The summed E-state index contributed by atoms with van der Waals surface area (Å²) in [5, 5.41) is 34.3. The predicted octanol–water partition coefficient (Wildman–Crippen LogP) is -3.17. The second-order valence-corrected chi connectivity index (χ2v) is 7.75. The number of hydrogen-bond acceptors (Lipinski definition) is 8. The van der Waals surface area contributed by atoms with Crippen LogP contribution >= 0.6 is 0 Å². The van der Waals surface area contributed by atoms with Gasteiger partial charge in [-0.25, -0.2) is 4.79 Å². The first kappa shape index (κ1) is 29.0. The molecule has 0 spiro atoms. The molecule has 0 radical (unpaired) electrons. The van der Waals surface area contributed by atoms with Gasteiger partial charge in [0.05, 0.1) is 18.9 Å². The van der Waals surface area contributed by atoms with Crippen LogP contribution < -0.4 is 27.4 Å². The van der Waals surface area contributed by atoms with Crippen molar-refractivity contribution in [3.8, 4) is 0 Å². The van der Waals surface area contributed by atoms with Crippen molar-refractivity contribution in [1.29, 1.82) is 0 Å². The number of carbonyl (C=O) groups excluding carboxylic acids is 4. The molecule has 5 unspecified atom stereocenters. The average Bonchev–Trinajstić information content (AvgIpc) is 2.76. The number of aliphatic hydroxyl groups is 1. The van der Waals surface area contributed by atoms with Crippen molar-refractivity contribution in [2.75, 3.05) is 0 Å². The van der Waals surface area contributed by atoms with Crippen LogP contribution in [0.15, 0.2) is 30.3 Å². The number of aliphatic hydroxyl groups excluding tert-OH is 1. The molecule has 1 aromatic rings. The fourth-order valence-electron chi connectivity index (χ4n) is 2.88. The molecule has 5 atom stereocenters. The number of carbonyl (C=O) groups is 6. The normalized spacial score (nSPS) is 14.9. The number of hydrogen-bond donors (Lipinski definition) is 8. The van der Waals surface area contributed by atoms with E-state index in [9.17, 15) is 39.0 Å². The molecule has 0 aromatic heterocycles. The third-order valence-corrected chi connectivity index (χ3v) is 4.77. The number of primary amides is 1. The van der Waals surface area contributed by atoms with Gasteiger partial charge in [-0.3, -0.25) is 24.0 Å². The van der Waals surface area contributed by atoms with Crippen LogP contribution in [0.3, 0.4) is 0 Å². The van der Waals surface area contributed by atoms with Crippen molar-refractivity contribution in [1.82, 2.24) is 16.0 Å². The summed E-state index contributed by atoms with van der Waals surface area (Å²) in [5.74, 6) is -7.16. The molecule has 35 heavy (non-hydrogen) atoms. The Balaban J connectivity index is 3.03. The lowest BCUT2D eigenvalue weighted by atomic mass is 10.0. The number of nitrogens with two attached hydrogens (primary N) is 2. The molecule has 10 N–H and O–H groups in total. The molecule has 0 saturated heterocycles. The molecule has 0 aliphatic heterocycles. The molecule has 14 nitrogen and oxygen atoms in total. The fraction of sp³-hybridized carbons (Fsp3) is 0.429. The molecule has 14 heteroatoms. The van der Waals surface area contributed by atoms with E-state index in [-0.39, 0.29) is 6.42 Å². The fourth-order valence-corrected chi connectivity index (χ4v) is 2.88. The molecule has 0 fully saturated rings. The van der Waals surface area contributed by atoms with E-state index in [1.54, 1.807) is 30.3 Å². The van der Waals surface area contributed by atoms with Gasteiger partial charge in [0, 0.05) is 6.42 Å². The summed E-state index contributed by atoms with van der Waals surface area (Å²) in [6, 6.07) is 2.05. The number of rotatable bonds is 14. The van der Waals surface area contributed by atoms with Crippen LogP contribution in [0.5, 0.6) is 0 Å². The maximum atomic E-state index is 12.7. The van der Waals surface area contributed by atoms with Crippen LogP contribution in [0.2, 0.25) is 0 Å². The van der Waals surface area contributed by atoms with Crippen LogP contribution in [0.1, 0.15) is 25.3 Å². The molecule has 1 rings (SSSR count). The Hall–Kier alpha value is -4.04. The van der Waals surface area contributed by atoms with E-state index >= 15 is 0 Å². The monoisotopic (exact) mass is 495 g/mol. The minimum Gasteiger partial charge on any atom is -0.481 e. The second-order valence-electron chi connectivity index (χ2n) is 7.75. The molecule has 0 heterocycles. The molecule has 4 amide bonds. The first-order valence-corrected chi connectivity index (χ1v) is 10.4. The average molecular weight is 495 g/mol. The minimum absolute atomic E-state index is 0.103. The van der Waals surface area contributed by atoms with Crippen LogP contribution in [-0.2, 0) is 35.2 Å². The van der Waals surface area contributed by atoms with E-state index in [2.05, 4.69) is 16.0 Å². The Morgan fingerprint density at radius 1 is 0.829 bits per heavy atom. The summed E-state index contributed by atoms with van der Waals surface area (Å²) >= 11 is 0. The van der Waals surface area contributed by atoms with E-state index in [1.165, 1.54) is 6.92 Å². The molecule has 192 valence electrons. The van der Waals surface area contributed by atoms with E-state index in [1.807, 2.05) is 0 Å². The molecule has 1 aromatic carbocycles. The van der Waals surface area contributed by atoms with Crippen LogP contribution in [0.25, 0.3) is 0 Å². The van der Waals surface area contributed by atoms with Gasteiger partial charge in [-0.1, -0.05) is 30.3 Å². The van der Waals surface area contributed by atoms with Crippen molar-refractivity contribution in [3.63, 3.8) is 0 Å². The lowest BCUT2D eigenvalue weighted by Crippen LogP contribution is -2.59. The van der Waals surface area contributed by atoms with Crippen LogP contribution in [0, 0.1) is 0 Å². The lowest BCUT2D eigenvalue weighted by Gasteiger charge is -2.24. The Bertz CT molecular complexity index is 938. The summed E-state index contributed by atoms with van der Waals surface area (Å²) in [6.45, 7) is 1.21. The third kappa shape index (κ3) is 10.2. The standard InChI is InChI=1S/C21H29N5O9/c1-10(27)17(23)20(33)25-13(9-16(29)30)19(32)24-12(8-15(22)28)18(31)26-14(21(34)35)7-11-5-3-2-4-6-11/h2-6,10,12-14,17,27H,7-9,23H2,1H3,(H2,22,28)(H,24,32)(H,25,33)(H,26,31)(H,29,30)(H,34,35).